The fraction of sp³-hybridized carbons (Fsp3) is 0.346. The molecular formula is C26H26ClFN2O4. The predicted octanol–water partition coefficient (Wildman–Crippen LogP) is 5.48. The standard InChI is InChI=1S/C26H26ClFN2O4/c1-15-10-18(28)5-7-20(15)22-13-24(27)29-23-12-19(6-8-21(22)23)34-16(2)26(33)30-9-3-4-17(14-30)11-25(31)32/h5-8,10,12-13,16-17H,3-4,9,11,14H2,1-2H3,(H,31,32)/t16-,17-/m1/s1. The van der Waals surface area contributed by atoms with E-state index in [1.54, 1.807) is 36.1 Å². The summed E-state index contributed by atoms with van der Waals surface area (Å²) in [6, 6.07) is 11.7. The normalized spacial score (nSPS) is 16.9. The summed E-state index contributed by atoms with van der Waals surface area (Å²) in [5.74, 6) is -0.882. The number of amides is 1. The van der Waals surface area contributed by atoms with Gasteiger partial charge in [0.1, 0.15) is 16.7 Å². The van der Waals surface area contributed by atoms with E-state index in [1.807, 2.05) is 13.0 Å². The van der Waals surface area contributed by atoms with Crippen LogP contribution in [0.5, 0.6) is 5.75 Å². The Bertz CT molecular complexity index is 1250. The fourth-order valence-electron chi connectivity index (χ4n) is 4.59. The van der Waals surface area contributed by atoms with E-state index in [0.717, 1.165) is 34.9 Å². The molecule has 178 valence electrons. The molecule has 0 bridgehead atoms. The van der Waals surface area contributed by atoms with Crippen LogP contribution in [-0.2, 0) is 9.59 Å². The molecule has 0 unspecified atom stereocenters. The summed E-state index contributed by atoms with van der Waals surface area (Å²) in [6.07, 6.45) is 0.906. The van der Waals surface area contributed by atoms with Crippen molar-refractivity contribution in [2.24, 2.45) is 5.92 Å². The summed E-state index contributed by atoms with van der Waals surface area (Å²) >= 11 is 6.29. The number of hydrogen-bond donors (Lipinski definition) is 1. The number of carboxylic acids is 1. The smallest absolute Gasteiger partial charge is 0.303 e. The number of aryl methyl sites for hydroxylation is 1. The van der Waals surface area contributed by atoms with Gasteiger partial charge in [0, 0.05) is 31.0 Å². The number of carbonyl (C=O) groups excluding carboxylic acids is 1. The van der Waals surface area contributed by atoms with E-state index in [9.17, 15) is 14.0 Å². The highest BCUT2D eigenvalue weighted by atomic mass is 35.5. The van der Waals surface area contributed by atoms with Gasteiger partial charge in [0.2, 0.25) is 0 Å². The Morgan fingerprint density at radius 3 is 2.76 bits per heavy atom. The van der Waals surface area contributed by atoms with E-state index >= 15 is 0 Å². The minimum atomic E-state index is -0.846. The quantitative estimate of drug-likeness (QED) is 0.468. The zero-order chi connectivity index (χ0) is 24.4. The lowest BCUT2D eigenvalue weighted by Crippen LogP contribution is -2.46. The van der Waals surface area contributed by atoms with Gasteiger partial charge in [0.15, 0.2) is 6.10 Å². The first-order chi connectivity index (χ1) is 16.2. The van der Waals surface area contributed by atoms with Gasteiger partial charge in [0.05, 0.1) is 5.52 Å². The molecule has 1 aromatic heterocycles. The van der Waals surface area contributed by atoms with Gasteiger partial charge in [-0.05, 0) is 79.6 Å². The molecule has 1 N–H and O–H groups in total. The molecule has 1 fully saturated rings. The third kappa shape index (κ3) is 5.30. The summed E-state index contributed by atoms with van der Waals surface area (Å²) in [5, 5.41) is 10.2. The molecule has 1 aliphatic rings. The molecule has 1 amide bonds. The number of fused-ring (bicyclic) bond motifs is 1. The van der Waals surface area contributed by atoms with Crippen molar-refractivity contribution < 1.29 is 23.8 Å². The van der Waals surface area contributed by atoms with Gasteiger partial charge >= 0.3 is 5.97 Å². The Balaban J connectivity index is 1.55. The van der Waals surface area contributed by atoms with Crippen LogP contribution in [0.15, 0.2) is 42.5 Å². The minimum absolute atomic E-state index is 0.0391. The van der Waals surface area contributed by atoms with E-state index in [-0.39, 0.29) is 24.1 Å². The molecular weight excluding hydrogens is 459 g/mol. The summed E-state index contributed by atoms with van der Waals surface area (Å²) in [7, 11) is 0. The molecule has 2 heterocycles. The molecule has 6 nitrogen and oxygen atoms in total. The van der Waals surface area contributed by atoms with Crippen molar-refractivity contribution >= 4 is 34.4 Å². The molecule has 0 radical (unpaired) electrons. The number of aromatic nitrogens is 1. The number of nitrogens with zero attached hydrogens (tertiary/aromatic N) is 2. The first-order valence-corrected chi connectivity index (χ1v) is 11.6. The second-order valence-corrected chi connectivity index (χ2v) is 9.17. The largest absolute Gasteiger partial charge is 0.481 e. The molecule has 1 saturated heterocycles. The SMILES string of the molecule is Cc1cc(F)ccc1-c1cc(Cl)nc2cc(O[C@H](C)C(=O)N3CCC[C@H](CC(=O)O)C3)ccc12. The average molecular weight is 485 g/mol. The van der Waals surface area contributed by atoms with E-state index in [2.05, 4.69) is 4.98 Å². The third-order valence-electron chi connectivity index (χ3n) is 6.18. The van der Waals surface area contributed by atoms with Crippen molar-refractivity contribution in [1.82, 2.24) is 9.88 Å². The second-order valence-electron chi connectivity index (χ2n) is 8.78. The number of likely N-dealkylation sites (tertiary alicyclic amines) is 1. The molecule has 1 aliphatic heterocycles. The molecule has 8 heteroatoms. The maximum absolute atomic E-state index is 13.6. The lowest BCUT2D eigenvalue weighted by Gasteiger charge is -2.33. The second kappa shape index (κ2) is 9.97. The van der Waals surface area contributed by atoms with Crippen LogP contribution >= 0.6 is 11.6 Å². The first kappa shape index (κ1) is 24.0. The van der Waals surface area contributed by atoms with E-state index in [4.69, 9.17) is 21.4 Å². The number of rotatable bonds is 6. The lowest BCUT2D eigenvalue weighted by molar-refractivity contribution is -0.143. The monoisotopic (exact) mass is 484 g/mol. The van der Waals surface area contributed by atoms with Gasteiger partial charge in [-0.2, -0.15) is 0 Å². The number of carbonyl (C=O) groups is 2. The third-order valence-corrected chi connectivity index (χ3v) is 6.38. The summed E-state index contributed by atoms with van der Waals surface area (Å²) < 4.78 is 19.5. The van der Waals surface area contributed by atoms with Crippen LogP contribution in [0.3, 0.4) is 0 Å². The summed E-state index contributed by atoms with van der Waals surface area (Å²) in [5.41, 5.74) is 3.07. The van der Waals surface area contributed by atoms with Gasteiger partial charge in [-0.3, -0.25) is 9.59 Å². The van der Waals surface area contributed by atoms with Crippen LogP contribution in [-0.4, -0.2) is 46.1 Å². The molecule has 34 heavy (non-hydrogen) atoms. The number of piperidine rings is 1. The molecule has 0 spiro atoms. The minimum Gasteiger partial charge on any atom is -0.481 e. The number of hydrogen-bond acceptors (Lipinski definition) is 4. The Morgan fingerprint density at radius 2 is 2.03 bits per heavy atom. The molecule has 3 aromatic rings. The van der Waals surface area contributed by atoms with Gasteiger partial charge in [0.25, 0.3) is 5.91 Å². The van der Waals surface area contributed by atoms with E-state index in [1.165, 1.54) is 12.1 Å². The van der Waals surface area contributed by atoms with Crippen molar-refractivity contribution in [2.45, 2.75) is 39.2 Å². The maximum Gasteiger partial charge on any atom is 0.303 e. The van der Waals surface area contributed by atoms with Gasteiger partial charge in [-0.1, -0.05) is 17.7 Å². The van der Waals surface area contributed by atoms with Crippen LogP contribution in [0.4, 0.5) is 4.39 Å². The van der Waals surface area contributed by atoms with Crippen LogP contribution in [0, 0.1) is 18.7 Å². The fourth-order valence-corrected chi connectivity index (χ4v) is 4.79. The van der Waals surface area contributed by atoms with Crippen molar-refractivity contribution in [2.75, 3.05) is 13.1 Å². The molecule has 4 rings (SSSR count). The Hall–Kier alpha value is -3.19. The van der Waals surface area contributed by atoms with Crippen LogP contribution < -0.4 is 4.74 Å². The maximum atomic E-state index is 13.6. The van der Waals surface area contributed by atoms with Crippen molar-refractivity contribution in [1.29, 1.82) is 0 Å². The highest BCUT2D eigenvalue weighted by molar-refractivity contribution is 6.30. The molecule has 2 atom stereocenters. The number of ether oxygens (including phenoxy) is 1. The van der Waals surface area contributed by atoms with Gasteiger partial charge < -0.3 is 14.7 Å². The van der Waals surface area contributed by atoms with Gasteiger partial charge in [-0.25, -0.2) is 9.37 Å². The number of benzene rings is 2. The van der Waals surface area contributed by atoms with E-state index < -0.39 is 12.1 Å². The number of carboxylic acid groups (broad SMARTS) is 1. The highest BCUT2D eigenvalue weighted by Gasteiger charge is 2.29. The average Bonchev–Trinajstić information content (AvgIpc) is 2.77. The van der Waals surface area contributed by atoms with Crippen LogP contribution in [0.25, 0.3) is 22.0 Å². The topological polar surface area (TPSA) is 79.7 Å². The van der Waals surface area contributed by atoms with Crippen molar-refractivity contribution in [3.05, 3.63) is 59.0 Å². The van der Waals surface area contributed by atoms with Crippen molar-refractivity contribution in [3.63, 3.8) is 0 Å². The molecule has 0 saturated carbocycles. The zero-order valence-electron chi connectivity index (χ0n) is 19.1. The van der Waals surface area contributed by atoms with Gasteiger partial charge in [-0.15, -0.1) is 0 Å². The lowest BCUT2D eigenvalue weighted by atomic mass is 9.94. The van der Waals surface area contributed by atoms with Crippen molar-refractivity contribution in [3.8, 4) is 16.9 Å². The summed E-state index contributed by atoms with van der Waals surface area (Å²) in [4.78, 5) is 30.1. The molecule has 0 aliphatic carbocycles. The van der Waals surface area contributed by atoms with E-state index in [0.29, 0.717) is 29.5 Å². The molecule has 2 aromatic carbocycles. The first-order valence-electron chi connectivity index (χ1n) is 11.3. The zero-order valence-corrected chi connectivity index (χ0v) is 19.8. The Morgan fingerprint density at radius 1 is 1.24 bits per heavy atom. The number of aliphatic carboxylic acids is 1. The Kier molecular flexibility index (Phi) is 7.03. The summed E-state index contributed by atoms with van der Waals surface area (Å²) in [6.45, 7) is 4.54. The van der Waals surface area contributed by atoms with Crippen LogP contribution in [0.1, 0.15) is 31.7 Å². The number of pyridine rings is 1. The predicted molar refractivity (Wildman–Crippen MR) is 129 cm³/mol. The number of halogens is 2. The Labute approximate surface area is 202 Å². The van der Waals surface area contributed by atoms with Crippen LogP contribution in [0.2, 0.25) is 5.15 Å². The highest BCUT2D eigenvalue weighted by Crippen LogP contribution is 2.34.